The Morgan fingerprint density at radius 3 is 2.21 bits per heavy atom. The second kappa shape index (κ2) is 13.0. The van der Waals surface area contributed by atoms with Crippen molar-refractivity contribution in [3.05, 3.63) is 48.0 Å². The highest BCUT2D eigenvalue weighted by Gasteiger charge is 2.24. The quantitative estimate of drug-likeness (QED) is 0.515. The van der Waals surface area contributed by atoms with Crippen molar-refractivity contribution in [2.45, 2.75) is 78.4 Å². The maximum atomic E-state index is 11.7. The summed E-state index contributed by atoms with van der Waals surface area (Å²) in [4.78, 5) is 22.9. The Labute approximate surface area is 175 Å². The van der Waals surface area contributed by atoms with Crippen LogP contribution in [0.1, 0.15) is 65.4 Å². The highest BCUT2D eigenvalue weighted by molar-refractivity contribution is 5.81. The second-order valence-corrected chi connectivity index (χ2v) is 8.41. The third kappa shape index (κ3) is 12.7. The van der Waals surface area contributed by atoms with Crippen LogP contribution in [0.3, 0.4) is 0 Å². The van der Waals surface area contributed by atoms with Gasteiger partial charge in [-0.1, -0.05) is 42.0 Å². The van der Waals surface area contributed by atoms with Crippen LogP contribution >= 0.6 is 0 Å². The molecule has 0 spiro atoms. The maximum absolute atomic E-state index is 11.7. The topological polar surface area (TPSA) is 64.6 Å². The van der Waals surface area contributed by atoms with Crippen molar-refractivity contribution in [2.24, 2.45) is 5.92 Å². The van der Waals surface area contributed by atoms with E-state index in [-0.39, 0.29) is 18.1 Å². The van der Waals surface area contributed by atoms with E-state index in [1.54, 1.807) is 6.92 Å². The SMILES string of the molecule is CCOC(=O)/C=C/CC1CCC(NC(=O)OC(C)(C)C)CC1.Cc1ccccc1. The van der Waals surface area contributed by atoms with E-state index < -0.39 is 5.60 Å². The van der Waals surface area contributed by atoms with Gasteiger partial charge in [-0.2, -0.15) is 0 Å². The summed E-state index contributed by atoms with van der Waals surface area (Å²) >= 11 is 0. The van der Waals surface area contributed by atoms with Crippen molar-refractivity contribution < 1.29 is 19.1 Å². The first-order valence-corrected chi connectivity index (χ1v) is 10.5. The van der Waals surface area contributed by atoms with Crippen LogP contribution in [0.4, 0.5) is 4.79 Å². The second-order valence-electron chi connectivity index (χ2n) is 8.41. The van der Waals surface area contributed by atoms with E-state index in [2.05, 4.69) is 24.4 Å². The van der Waals surface area contributed by atoms with Gasteiger partial charge in [-0.15, -0.1) is 0 Å². The Bertz CT molecular complexity index is 626. The van der Waals surface area contributed by atoms with Gasteiger partial charge in [-0.05, 0) is 72.6 Å². The Balaban J connectivity index is 0.000000502. The molecule has 0 heterocycles. The largest absolute Gasteiger partial charge is 0.463 e. The normalized spacial score (nSPS) is 19.1. The van der Waals surface area contributed by atoms with Gasteiger partial charge in [0.15, 0.2) is 0 Å². The number of amides is 1. The van der Waals surface area contributed by atoms with E-state index in [0.717, 1.165) is 32.1 Å². The molecule has 1 aliphatic carbocycles. The lowest BCUT2D eigenvalue weighted by molar-refractivity contribution is -0.137. The molecule has 0 bridgehead atoms. The average Bonchev–Trinajstić information content (AvgIpc) is 2.63. The molecule has 1 aromatic carbocycles. The molecule has 0 aliphatic heterocycles. The smallest absolute Gasteiger partial charge is 0.407 e. The predicted molar refractivity (Wildman–Crippen MR) is 117 cm³/mol. The third-order valence-corrected chi connectivity index (χ3v) is 4.52. The van der Waals surface area contributed by atoms with Crippen molar-refractivity contribution in [1.29, 1.82) is 0 Å². The van der Waals surface area contributed by atoms with Crippen molar-refractivity contribution in [2.75, 3.05) is 6.61 Å². The lowest BCUT2D eigenvalue weighted by Gasteiger charge is -2.29. The lowest BCUT2D eigenvalue weighted by atomic mass is 9.84. The van der Waals surface area contributed by atoms with Gasteiger partial charge in [-0.3, -0.25) is 0 Å². The Morgan fingerprint density at radius 1 is 1.10 bits per heavy atom. The molecule has 0 saturated heterocycles. The molecule has 1 aliphatic rings. The van der Waals surface area contributed by atoms with Gasteiger partial charge in [0, 0.05) is 12.1 Å². The number of ether oxygens (including phenoxy) is 2. The molecule has 2 rings (SSSR count). The number of nitrogens with one attached hydrogen (secondary N) is 1. The summed E-state index contributed by atoms with van der Waals surface area (Å²) in [6, 6.07) is 10.5. The van der Waals surface area contributed by atoms with Gasteiger partial charge >= 0.3 is 12.1 Å². The van der Waals surface area contributed by atoms with E-state index in [4.69, 9.17) is 9.47 Å². The number of rotatable bonds is 5. The van der Waals surface area contributed by atoms with Crippen LogP contribution in [0, 0.1) is 12.8 Å². The zero-order chi connectivity index (χ0) is 21.7. The number of benzene rings is 1. The van der Waals surface area contributed by atoms with E-state index in [0.29, 0.717) is 12.5 Å². The molecule has 0 atom stereocenters. The summed E-state index contributed by atoms with van der Waals surface area (Å²) < 4.78 is 10.1. The number of aryl methyl sites for hydroxylation is 1. The van der Waals surface area contributed by atoms with Crippen molar-refractivity contribution in [3.63, 3.8) is 0 Å². The van der Waals surface area contributed by atoms with Crippen LogP contribution in [0.25, 0.3) is 0 Å². The van der Waals surface area contributed by atoms with E-state index >= 15 is 0 Å². The van der Waals surface area contributed by atoms with Crippen LogP contribution < -0.4 is 5.32 Å². The summed E-state index contributed by atoms with van der Waals surface area (Å²) in [5, 5.41) is 2.93. The van der Waals surface area contributed by atoms with Gasteiger partial charge in [-0.25, -0.2) is 9.59 Å². The highest BCUT2D eigenvalue weighted by Crippen LogP contribution is 2.27. The summed E-state index contributed by atoms with van der Waals surface area (Å²) in [5.74, 6) is 0.296. The van der Waals surface area contributed by atoms with E-state index in [1.165, 1.54) is 11.6 Å². The summed E-state index contributed by atoms with van der Waals surface area (Å²) in [6.07, 6.45) is 7.96. The molecule has 1 amide bonds. The summed E-state index contributed by atoms with van der Waals surface area (Å²) in [5.41, 5.74) is 0.863. The van der Waals surface area contributed by atoms with Crippen LogP contribution in [0.5, 0.6) is 0 Å². The number of carbonyl (C=O) groups excluding carboxylic acids is 2. The first kappa shape index (κ1) is 24.7. The van der Waals surface area contributed by atoms with E-state index in [9.17, 15) is 9.59 Å². The minimum atomic E-state index is -0.459. The molecule has 1 saturated carbocycles. The number of alkyl carbamates (subject to hydrolysis) is 1. The van der Waals surface area contributed by atoms with Gasteiger partial charge in [0.2, 0.25) is 0 Å². The molecule has 29 heavy (non-hydrogen) atoms. The number of carbonyl (C=O) groups is 2. The Kier molecular flexibility index (Phi) is 11.1. The van der Waals surface area contributed by atoms with Gasteiger partial charge in [0.25, 0.3) is 0 Å². The molecule has 0 aromatic heterocycles. The number of allylic oxidation sites excluding steroid dienone is 1. The molecule has 162 valence electrons. The van der Waals surface area contributed by atoms with E-state index in [1.807, 2.05) is 45.0 Å². The van der Waals surface area contributed by atoms with Crippen molar-refractivity contribution in [1.82, 2.24) is 5.32 Å². The lowest BCUT2D eigenvalue weighted by Crippen LogP contribution is -2.40. The molecule has 5 nitrogen and oxygen atoms in total. The fourth-order valence-corrected chi connectivity index (χ4v) is 3.10. The number of esters is 1. The summed E-state index contributed by atoms with van der Waals surface area (Å²) in [7, 11) is 0. The van der Waals surface area contributed by atoms with Crippen molar-refractivity contribution in [3.8, 4) is 0 Å². The molecular formula is C24H37NO4. The first-order valence-electron chi connectivity index (χ1n) is 10.5. The predicted octanol–water partition coefficient (Wildman–Crippen LogP) is 5.57. The molecule has 5 heteroatoms. The molecule has 0 radical (unpaired) electrons. The third-order valence-electron chi connectivity index (χ3n) is 4.52. The zero-order valence-corrected chi connectivity index (χ0v) is 18.6. The average molecular weight is 404 g/mol. The molecular weight excluding hydrogens is 366 g/mol. The van der Waals surface area contributed by atoms with Crippen molar-refractivity contribution >= 4 is 12.1 Å². The maximum Gasteiger partial charge on any atom is 0.407 e. The first-order chi connectivity index (χ1) is 13.7. The molecule has 1 aromatic rings. The summed E-state index contributed by atoms with van der Waals surface area (Å²) in [6.45, 7) is 9.87. The fraction of sp³-hybridized carbons (Fsp3) is 0.583. The highest BCUT2D eigenvalue weighted by atomic mass is 16.6. The fourth-order valence-electron chi connectivity index (χ4n) is 3.10. The number of hydrogen-bond donors (Lipinski definition) is 1. The number of hydrogen-bond acceptors (Lipinski definition) is 4. The molecule has 1 N–H and O–H groups in total. The van der Waals surface area contributed by atoms with Crippen LogP contribution in [-0.4, -0.2) is 30.3 Å². The Morgan fingerprint density at radius 2 is 1.72 bits per heavy atom. The van der Waals surface area contributed by atoms with Gasteiger partial charge in [0.1, 0.15) is 5.60 Å². The zero-order valence-electron chi connectivity index (χ0n) is 18.6. The standard InChI is InChI=1S/C17H29NO4.C7H8/c1-5-21-15(19)8-6-7-13-9-11-14(12-10-13)18-16(20)22-17(2,3)4;1-7-5-3-2-4-6-7/h6,8,13-14H,5,7,9-12H2,1-4H3,(H,18,20);2-6H,1H3/b8-6+;. The van der Waals surface area contributed by atoms with Gasteiger partial charge in [0.05, 0.1) is 6.61 Å². The minimum Gasteiger partial charge on any atom is -0.463 e. The van der Waals surface area contributed by atoms with Crippen LogP contribution in [-0.2, 0) is 14.3 Å². The van der Waals surface area contributed by atoms with Gasteiger partial charge < -0.3 is 14.8 Å². The molecule has 0 unspecified atom stereocenters. The van der Waals surface area contributed by atoms with Crippen LogP contribution in [0.15, 0.2) is 42.5 Å². The Hall–Kier alpha value is -2.30. The minimum absolute atomic E-state index is 0.195. The monoisotopic (exact) mass is 403 g/mol. The molecule has 1 fully saturated rings. The van der Waals surface area contributed by atoms with Crippen LogP contribution in [0.2, 0.25) is 0 Å².